The maximum absolute atomic E-state index is 11.4. The molecular formula is C12H17IO3. The predicted octanol–water partition coefficient (Wildman–Crippen LogP) is 1.62. The first-order valence-electron chi connectivity index (χ1n) is 5.15. The molecule has 0 amide bonds. The second kappa shape index (κ2) is 6.98. The summed E-state index contributed by atoms with van der Waals surface area (Å²) in [6.45, 7) is 0. The van der Waals surface area contributed by atoms with Crippen LogP contribution in [0.15, 0.2) is 22.3 Å². The lowest BCUT2D eigenvalue weighted by Gasteiger charge is -2.06. The lowest BCUT2D eigenvalue weighted by molar-refractivity contribution is -0.121. The van der Waals surface area contributed by atoms with Gasteiger partial charge in [-0.1, -0.05) is 22.7 Å². The third-order valence-corrected chi connectivity index (χ3v) is 6.21. The molecule has 0 bridgehead atoms. The summed E-state index contributed by atoms with van der Waals surface area (Å²) in [5.41, 5.74) is 0. The van der Waals surface area contributed by atoms with E-state index in [9.17, 15) is 4.79 Å². The smallest absolute Gasteiger partial charge is 0.151 e. The highest BCUT2D eigenvalue weighted by Crippen LogP contribution is 2.20. The maximum atomic E-state index is 11.4. The molecule has 0 saturated heterocycles. The third kappa shape index (κ3) is 5.05. The zero-order chi connectivity index (χ0) is 12.0. The lowest BCUT2D eigenvalue weighted by atomic mass is 10.1. The van der Waals surface area contributed by atoms with Crippen LogP contribution in [0, 0.1) is 0 Å². The highest BCUT2D eigenvalue weighted by molar-refractivity contribution is 14.2. The van der Waals surface area contributed by atoms with Gasteiger partial charge in [-0.25, -0.2) is 0 Å². The van der Waals surface area contributed by atoms with Gasteiger partial charge in [-0.15, -0.1) is 18.9 Å². The molecule has 90 valence electrons. The molecular weight excluding hydrogens is 319 g/mol. The van der Waals surface area contributed by atoms with Gasteiger partial charge in [0.2, 0.25) is 0 Å². The number of carbonyl (C=O) groups is 1. The topological polar surface area (TPSA) is 57.5 Å². The Morgan fingerprint density at radius 3 is 2.75 bits per heavy atom. The van der Waals surface area contributed by atoms with Crippen molar-refractivity contribution in [3.63, 3.8) is 0 Å². The molecule has 16 heavy (non-hydrogen) atoms. The number of allylic oxidation sites excluding steroid dienone is 3. The molecule has 0 aromatic heterocycles. The van der Waals surface area contributed by atoms with E-state index in [1.807, 2.05) is 12.2 Å². The minimum atomic E-state index is -1.37. The predicted molar refractivity (Wildman–Crippen MR) is 76.1 cm³/mol. The molecule has 1 rings (SSSR count). The molecule has 2 N–H and O–H groups in total. The summed E-state index contributed by atoms with van der Waals surface area (Å²) in [4.78, 5) is 11.4. The van der Waals surface area contributed by atoms with E-state index in [1.54, 1.807) is 0 Å². The van der Waals surface area contributed by atoms with Gasteiger partial charge in [0.1, 0.15) is 5.78 Å². The van der Waals surface area contributed by atoms with Crippen LogP contribution in [0.25, 0.3) is 0 Å². The second-order valence-corrected chi connectivity index (χ2v) is 7.95. The highest BCUT2D eigenvalue weighted by Gasteiger charge is 2.06. The fourth-order valence-electron chi connectivity index (χ4n) is 1.33. The van der Waals surface area contributed by atoms with Crippen LogP contribution in [0.1, 0.15) is 25.7 Å². The van der Waals surface area contributed by atoms with Gasteiger partial charge in [0.25, 0.3) is 0 Å². The molecule has 0 fully saturated rings. The normalized spacial score (nSPS) is 16.1. The Bertz CT molecular complexity index is 385. The number of aliphatic hydroxyl groups is 2. The molecule has 1 aliphatic rings. The number of hydrogen-bond acceptors (Lipinski definition) is 3. The van der Waals surface area contributed by atoms with E-state index in [0.29, 0.717) is 6.42 Å². The van der Waals surface area contributed by atoms with Crippen LogP contribution in [-0.4, -0.2) is 30.3 Å². The summed E-state index contributed by atoms with van der Waals surface area (Å²) in [5, 5.41) is 17.3. The quantitative estimate of drug-likeness (QED) is 0.573. The molecule has 0 spiro atoms. The average molecular weight is 336 g/mol. The van der Waals surface area contributed by atoms with E-state index in [4.69, 9.17) is 10.2 Å². The Balaban J connectivity index is 2.35. The minimum Gasteiger partial charge on any atom is -0.368 e. The van der Waals surface area contributed by atoms with Crippen LogP contribution in [-0.2, 0) is 4.79 Å². The van der Waals surface area contributed by atoms with Crippen molar-refractivity contribution in [2.24, 2.45) is 0 Å². The second-order valence-electron chi connectivity index (χ2n) is 3.58. The summed E-state index contributed by atoms with van der Waals surface area (Å²) in [6, 6.07) is 0. The zero-order valence-corrected chi connectivity index (χ0v) is 11.3. The summed E-state index contributed by atoms with van der Waals surface area (Å²) >= 11 is -1.33. The lowest BCUT2D eigenvalue weighted by Crippen LogP contribution is -2.09. The SMILES string of the molecule is C=I1=C(CCC(=O)CCC(O)O)C=CC=C1. The fourth-order valence-corrected chi connectivity index (χ4v) is 4.16. The van der Waals surface area contributed by atoms with Crippen molar-refractivity contribution in [1.82, 2.24) is 0 Å². The van der Waals surface area contributed by atoms with Gasteiger partial charge in [-0.2, -0.15) is 0 Å². The van der Waals surface area contributed by atoms with Gasteiger partial charge in [-0.05, 0) is 14.0 Å². The van der Waals surface area contributed by atoms with E-state index < -0.39 is 25.2 Å². The van der Waals surface area contributed by atoms with Crippen LogP contribution < -0.4 is 0 Å². The van der Waals surface area contributed by atoms with Gasteiger partial charge in [0.15, 0.2) is 6.29 Å². The van der Waals surface area contributed by atoms with Crippen LogP contribution in [0.5, 0.6) is 0 Å². The van der Waals surface area contributed by atoms with Crippen molar-refractivity contribution < 1.29 is 15.0 Å². The molecule has 0 saturated carbocycles. The highest BCUT2D eigenvalue weighted by atomic mass is 127. The Labute approximate surface area is 102 Å². The number of ketones is 1. The van der Waals surface area contributed by atoms with E-state index in [2.05, 4.69) is 14.7 Å². The van der Waals surface area contributed by atoms with Crippen LogP contribution in [0.2, 0.25) is 0 Å². The van der Waals surface area contributed by atoms with Gasteiger partial charge in [0.05, 0.1) is 0 Å². The van der Waals surface area contributed by atoms with Gasteiger partial charge in [0, 0.05) is 19.3 Å². The summed E-state index contributed by atoms with van der Waals surface area (Å²) in [6.07, 6.45) is 6.34. The standard InChI is InChI=1S/C12H17IO3/c1-13-9-3-2-4-10(13)5-6-11(14)7-8-12(15)16/h2-4,9,12,15-16H,1,5-8H2. The number of aliphatic hydroxyl groups excluding tert-OH is 1. The van der Waals surface area contributed by atoms with Crippen molar-refractivity contribution in [2.75, 3.05) is 0 Å². The van der Waals surface area contributed by atoms with Crippen molar-refractivity contribution in [1.29, 1.82) is 0 Å². The van der Waals surface area contributed by atoms with Crippen LogP contribution in [0.4, 0.5) is 0 Å². The Morgan fingerprint density at radius 2 is 2.12 bits per heavy atom. The van der Waals surface area contributed by atoms with E-state index in [0.717, 1.165) is 6.42 Å². The number of rotatable bonds is 6. The minimum absolute atomic E-state index is 0.0906. The molecule has 0 aromatic rings. The molecule has 0 atom stereocenters. The van der Waals surface area contributed by atoms with E-state index in [1.165, 1.54) is 3.51 Å². The molecule has 0 aromatic carbocycles. The molecule has 0 unspecified atom stereocenters. The van der Waals surface area contributed by atoms with E-state index in [-0.39, 0.29) is 18.6 Å². The molecule has 3 nitrogen and oxygen atoms in total. The summed E-state index contributed by atoms with van der Waals surface area (Å²) < 4.78 is 7.59. The monoisotopic (exact) mass is 336 g/mol. The average Bonchev–Trinajstić information content (AvgIpc) is 2.25. The van der Waals surface area contributed by atoms with Gasteiger partial charge >= 0.3 is 0 Å². The first-order chi connectivity index (χ1) is 7.59. The van der Waals surface area contributed by atoms with Crippen LogP contribution in [0.3, 0.4) is 0 Å². The number of Topliss-reactive ketones (excluding diaryl/α,β-unsaturated/α-hetero) is 1. The molecule has 1 heterocycles. The Morgan fingerprint density at radius 1 is 1.38 bits per heavy atom. The fraction of sp³-hybridized carbons (Fsp3) is 0.417. The van der Waals surface area contributed by atoms with Crippen molar-refractivity contribution in [3.05, 3.63) is 22.3 Å². The van der Waals surface area contributed by atoms with Gasteiger partial charge < -0.3 is 10.2 Å². The van der Waals surface area contributed by atoms with Crippen molar-refractivity contribution in [2.45, 2.75) is 32.0 Å². The number of hydrogen-bond donors (Lipinski definition) is 2. The van der Waals surface area contributed by atoms with Crippen molar-refractivity contribution >= 4 is 32.7 Å². The number of carbonyl (C=O) groups excluding carboxylic acids is 1. The third-order valence-electron chi connectivity index (χ3n) is 2.25. The van der Waals surface area contributed by atoms with Gasteiger partial charge in [-0.3, -0.25) is 4.79 Å². The van der Waals surface area contributed by atoms with E-state index >= 15 is 0 Å². The Kier molecular flexibility index (Phi) is 5.94. The number of halogens is 1. The molecule has 4 heteroatoms. The maximum Gasteiger partial charge on any atom is 0.151 e. The first-order valence-corrected chi connectivity index (χ1v) is 9.00. The Hall–Kier alpha value is -0.460. The largest absolute Gasteiger partial charge is 0.368 e. The van der Waals surface area contributed by atoms with Crippen molar-refractivity contribution in [3.8, 4) is 0 Å². The zero-order valence-electron chi connectivity index (χ0n) is 9.10. The molecule has 0 radical (unpaired) electrons. The van der Waals surface area contributed by atoms with Crippen LogP contribution >= 0.6 is 18.9 Å². The molecule has 0 aliphatic carbocycles. The first kappa shape index (κ1) is 13.6. The molecule has 1 aliphatic heterocycles. The summed E-state index contributed by atoms with van der Waals surface area (Å²) in [7, 11) is 0. The summed E-state index contributed by atoms with van der Waals surface area (Å²) in [5.74, 6) is 0.0906.